The highest BCUT2D eigenvalue weighted by Gasteiger charge is 2.17. The minimum Gasteiger partial charge on any atom is -0.337 e. The second kappa shape index (κ2) is 10.7. The van der Waals surface area contributed by atoms with E-state index in [1.165, 1.54) is 5.56 Å². The molecule has 4 amide bonds. The van der Waals surface area contributed by atoms with Crippen molar-refractivity contribution < 1.29 is 9.59 Å². The molecule has 1 fully saturated rings. The summed E-state index contributed by atoms with van der Waals surface area (Å²) < 4.78 is 0. The number of rotatable bonds is 2. The molecule has 150 valence electrons. The number of nitrogens with one attached hydrogen (secondary N) is 5. The first kappa shape index (κ1) is 21.0. The SMILES string of the molecule is CC1CNCN(Cc2ccccc2)C(C)CNC(=O)N[C@@H](C)CNC(=O)N1. The average molecular weight is 377 g/mol. The van der Waals surface area contributed by atoms with Gasteiger partial charge in [0.25, 0.3) is 0 Å². The van der Waals surface area contributed by atoms with Gasteiger partial charge in [-0.05, 0) is 26.3 Å². The van der Waals surface area contributed by atoms with Crippen LogP contribution in [0.5, 0.6) is 0 Å². The Hall–Kier alpha value is -2.32. The first-order chi connectivity index (χ1) is 12.9. The van der Waals surface area contributed by atoms with Crippen molar-refractivity contribution in [1.82, 2.24) is 31.5 Å². The molecule has 1 aliphatic rings. The molecular weight excluding hydrogens is 344 g/mol. The van der Waals surface area contributed by atoms with Crippen molar-refractivity contribution in [2.24, 2.45) is 0 Å². The lowest BCUT2D eigenvalue weighted by Crippen LogP contribution is -2.50. The number of hydrogen-bond donors (Lipinski definition) is 5. The molecular formula is C19H32N6O2. The Bertz CT molecular complexity index is 597. The zero-order valence-electron chi connectivity index (χ0n) is 16.4. The summed E-state index contributed by atoms with van der Waals surface area (Å²) in [5, 5.41) is 14.8. The minimum absolute atomic E-state index is 0.00738. The van der Waals surface area contributed by atoms with Gasteiger partial charge in [-0.3, -0.25) is 4.90 Å². The predicted octanol–water partition coefficient (Wildman–Crippen LogP) is 0.813. The molecule has 1 saturated heterocycles. The number of amides is 4. The summed E-state index contributed by atoms with van der Waals surface area (Å²) in [6.07, 6.45) is 0. The molecule has 0 aliphatic carbocycles. The van der Waals surface area contributed by atoms with Crippen LogP contribution in [0.2, 0.25) is 0 Å². The van der Waals surface area contributed by atoms with Crippen LogP contribution in [0.25, 0.3) is 0 Å². The standard InChI is InChI=1S/C19H32N6O2/c1-14-9-20-13-25(12-17-7-5-4-6-8-17)16(3)11-22-19(27)24-15(2)10-21-18(26)23-14/h4-8,14-16,20H,9-13H2,1-3H3,(H2,21,23,26)(H2,22,24,27)/t14?,15-,16?/m0/s1. The van der Waals surface area contributed by atoms with Gasteiger partial charge in [-0.1, -0.05) is 30.3 Å². The largest absolute Gasteiger partial charge is 0.337 e. The summed E-state index contributed by atoms with van der Waals surface area (Å²) in [5.74, 6) is 0. The molecule has 0 radical (unpaired) electrons. The van der Waals surface area contributed by atoms with Gasteiger partial charge in [0.2, 0.25) is 0 Å². The van der Waals surface area contributed by atoms with E-state index in [1.54, 1.807) is 0 Å². The van der Waals surface area contributed by atoms with Crippen LogP contribution in [0.4, 0.5) is 9.59 Å². The van der Waals surface area contributed by atoms with Crippen molar-refractivity contribution in [3.63, 3.8) is 0 Å². The van der Waals surface area contributed by atoms with Gasteiger partial charge in [-0.25, -0.2) is 9.59 Å². The van der Waals surface area contributed by atoms with Gasteiger partial charge in [0.1, 0.15) is 0 Å². The lowest BCUT2D eigenvalue weighted by atomic mass is 10.2. The van der Waals surface area contributed by atoms with Crippen LogP contribution in [0.15, 0.2) is 30.3 Å². The maximum Gasteiger partial charge on any atom is 0.315 e. The first-order valence-electron chi connectivity index (χ1n) is 9.51. The molecule has 1 aromatic rings. The number of carbonyl (C=O) groups is 2. The van der Waals surface area contributed by atoms with E-state index >= 15 is 0 Å². The van der Waals surface area contributed by atoms with Crippen LogP contribution < -0.4 is 26.6 Å². The number of hydrogen-bond acceptors (Lipinski definition) is 4. The third-order valence-corrected chi connectivity index (χ3v) is 4.50. The Morgan fingerprint density at radius 1 is 0.889 bits per heavy atom. The van der Waals surface area contributed by atoms with Crippen LogP contribution in [-0.2, 0) is 6.54 Å². The predicted molar refractivity (Wildman–Crippen MR) is 106 cm³/mol. The summed E-state index contributed by atoms with van der Waals surface area (Å²) >= 11 is 0. The van der Waals surface area contributed by atoms with E-state index in [-0.39, 0.29) is 30.2 Å². The van der Waals surface area contributed by atoms with E-state index in [0.717, 1.165) is 6.54 Å². The highest BCUT2D eigenvalue weighted by atomic mass is 16.2. The van der Waals surface area contributed by atoms with Gasteiger partial charge < -0.3 is 26.6 Å². The van der Waals surface area contributed by atoms with E-state index in [2.05, 4.69) is 50.5 Å². The van der Waals surface area contributed by atoms with Gasteiger partial charge in [-0.2, -0.15) is 0 Å². The zero-order chi connectivity index (χ0) is 19.6. The molecule has 0 aromatic heterocycles. The molecule has 27 heavy (non-hydrogen) atoms. The van der Waals surface area contributed by atoms with Crippen molar-refractivity contribution >= 4 is 12.1 Å². The molecule has 5 N–H and O–H groups in total. The molecule has 3 atom stereocenters. The Kier molecular flexibility index (Phi) is 8.35. The quantitative estimate of drug-likeness (QED) is 0.528. The fourth-order valence-corrected chi connectivity index (χ4v) is 2.88. The van der Waals surface area contributed by atoms with Crippen LogP contribution in [0.1, 0.15) is 26.3 Å². The van der Waals surface area contributed by atoms with Crippen LogP contribution >= 0.6 is 0 Å². The Labute approximate surface area is 161 Å². The normalized spacial score (nSPS) is 26.6. The van der Waals surface area contributed by atoms with Crippen molar-refractivity contribution in [2.45, 2.75) is 45.4 Å². The zero-order valence-corrected chi connectivity index (χ0v) is 16.4. The molecule has 0 spiro atoms. The van der Waals surface area contributed by atoms with E-state index in [4.69, 9.17) is 0 Å². The van der Waals surface area contributed by atoms with E-state index in [1.807, 2.05) is 32.0 Å². The molecule has 1 heterocycles. The first-order valence-corrected chi connectivity index (χ1v) is 9.51. The second-order valence-corrected chi connectivity index (χ2v) is 7.20. The highest BCUT2D eigenvalue weighted by molar-refractivity contribution is 5.75. The molecule has 1 aromatic carbocycles. The fourth-order valence-electron chi connectivity index (χ4n) is 2.88. The summed E-state index contributed by atoms with van der Waals surface area (Å²) in [7, 11) is 0. The molecule has 2 unspecified atom stereocenters. The van der Waals surface area contributed by atoms with Gasteiger partial charge in [0, 0.05) is 51.0 Å². The number of nitrogens with zero attached hydrogens (tertiary/aromatic N) is 1. The van der Waals surface area contributed by atoms with E-state index < -0.39 is 0 Å². The molecule has 0 bridgehead atoms. The maximum absolute atomic E-state index is 12.1. The fraction of sp³-hybridized carbons (Fsp3) is 0.579. The lowest BCUT2D eigenvalue weighted by molar-refractivity contribution is 0.177. The van der Waals surface area contributed by atoms with E-state index in [0.29, 0.717) is 26.3 Å². The number of urea groups is 2. The van der Waals surface area contributed by atoms with Gasteiger partial charge >= 0.3 is 12.1 Å². The molecule has 2 rings (SSSR count). The molecule has 0 saturated carbocycles. The third kappa shape index (κ3) is 7.84. The summed E-state index contributed by atoms with van der Waals surface area (Å²) in [4.78, 5) is 26.3. The summed E-state index contributed by atoms with van der Waals surface area (Å²) in [5.41, 5.74) is 1.22. The summed E-state index contributed by atoms with van der Waals surface area (Å²) in [6, 6.07) is 9.76. The Morgan fingerprint density at radius 3 is 2.15 bits per heavy atom. The van der Waals surface area contributed by atoms with Crippen molar-refractivity contribution in [1.29, 1.82) is 0 Å². The summed E-state index contributed by atoms with van der Waals surface area (Å²) in [6.45, 7) is 8.91. The van der Waals surface area contributed by atoms with Crippen molar-refractivity contribution in [3.05, 3.63) is 35.9 Å². The third-order valence-electron chi connectivity index (χ3n) is 4.50. The highest BCUT2D eigenvalue weighted by Crippen LogP contribution is 2.07. The number of carbonyl (C=O) groups excluding carboxylic acids is 2. The monoisotopic (exact) mass is 376 g/mol. The van der Waals surface area contributed by atoms with Gasteiger partial charge in [-0.15, -0.1) is 0 Å². The Morgan fingerprint density at radius 2 is 1.48 bits per heavy atom. The van der Waals surface area contributed by atoms with Crippen LogP contribution in [-0.4, -0.2) is 61.4 Å². The average Bonchev–Trinajstić information content (AvgIpc) is 2.64. The number of benzene rings is 1. The van der Waals surface area contributed by atoms with Crippen LogP contribution in [0.3, 0.4) is 0 Å². The smallest absolute Gasteiger partial charge is 0.315 e. The topological polar surface area (TPSA) is 97.5 Å². The minimum atomic E-state index is -0.234. The Balaban J connectivity index is 2.03. The molecule has 8 nitrogen and oxygen atoms in total. The van der Waals surface area contributed by atoms with Crippen molar-refractivity contribution in [2.75, 3.05) is 26.3 Å². The second-order valence-electron chi connectivity index (χ2n) is 7.20. The lowest BCUT2D eigenvalue weighted by Gasteiger charge is -2.30. The maximum atomic E-state index is 12.1. The van der Waals surface area contributed by atoms with E-state index in [9.17, 15) is 9.59 Å². The molecule has 1 aliphatic heterocycles. The van der Waals surface area contributed by atoms with Crippen molar-refractivity contribution in [3.8, 4) is 0 Å². The molecule has 8 heteroatoms. The van der Waals surface area contributed by atoms with Crippen LogP contribution in [0, 0.1) is 0 Å². The van der Waals surface area contributed by atoms with Gasteiger partial charge in [0.15, 0.2) is 0 Å². The van der Waals surface area contributed by atoms with Gasteiger partial charge in [0.05, 0.1) is 0 Å².